The highest BCUT2D eigenvalue weighted by molar-refractivity contribution is 6.09. The number of hydrogen-bond acceptors (Lipinski definition) is 3. The molecule has 1 amide bonds. The molecule has 0 saturated carbocycles. The van der Waals surface area contributed by atoms with Gasteiger partial charge in [0, 0.05) is 34.6 Å². The van der Waals surface area contributed by atoms with E-state index < -0.39 is 0 Å². The van der Waals surface area contributed by atoms with E-state index in [1.54, 1.807) is 13.1 Å². The third-order valence-corrected chi connectivity index (χ3v) is 5.71. The molecule has 0 unspecified atom stereocenters. The van der Waals surface area contributed by atoms with Crippen molar-refractivity contribution in [2.24, 2.45) is 0 Å². The Balaban J connectivity index is 1.73. The van der Waals surface area contributed by atoms with Crippen LogP contribution in [0.2, 0.25) is 0 Å². The molecule has 6 heteroatoms. The minimum Gasteiger partial charge on any atom is -0.355 e. The van der Waals surface area contributed by atoms with Crippen molar-refractivity contribution in [3.63, 3.8) is 0 Å². The van der Waals surface area contributed by atoms with Crippen LogP contribution in [0.25, 0.3) is 44.5 Å². The number of pyridine rings is 1. The Morgan fingerprint density at radius 1 is 1.03 bits per heavy atom. The van der Waals surface area contributed by atoms with Crippen LogP contribution in [0.15, 0.2) is 54.7 Å². The summed E-state index contributed by atoms with van der Waals surface area (Å²) in [7, 11) is 1.63. The quantitative estimate of drug-likeness (QED) is 0.412. The van der Waals surface area contributed by atoms with Gasteiger partial charge in [0.1, 0.15) is 5.65 Å². The first-order valence-electron chi connectivity index (χ1n) is 9.81. The van der Waals surface area contributed by atoms with Gasteiger partial charge in [-0.05, 0) is 48.7 Å². The molecular weight excluding hydrogens is 374 g/mol. The Bertz CT molecular complexity index is 1430. The summed E-state index contributed by atoms with van der Waals surface area (Å²) in [4.78, 5) is 20.4. The van der Waals surface area contributed by atoms with Crippen LogP contribution in [0, 0.1) is 13.8 Å². The Labute approximate surface area is 173 Å². The van der Waals surface area contributed by atoms with Crippen molar-refractivity contribution in [3.05, 3.63) is 71.4 Å². The number of hydrogen-bond donors (Lipinski definition) is 3. The van der Waals surface area contributed by atoms with E-state index in [1.807, 2.05) is 24.4 Å². The number of aryl methyl sites for hydroxylation is 1. The lowest BCUT2D eigenvalue weighted by Gasteiger charge is -2.09. The molecule has 6 nitrogen and oxygen atoms in total. The van der Waals surface area contributed by atoms with Crippen LogP contribution in [0.3, 0.4) is 0 Å². The average molecular weight is 395 g/mol. The predicted octanol–water partition coefficient (Wildman–Crippen LogP) is 4.75. The van der Waals surface area contributed by atoms with Crippen LogP contribution in [-0.4, -0.2) is 33.1 Å². The van der Waals surface area contributed by atoms with Gasteiger partial charge in [-0.2, -0.15) is 5.10 Å². The minimum atomic E-state index is -0.112. The van der Waals surface area contributed by atoms with Gasteiger partial charge in [0.25, 0.3) is 5.91 Å². The number of nitrogens with zero attached hydrogens (tertiary/aromatic N) is 2. The number of H-pyrrole nitrogens is 2. The average Bonchev–Trinajstić information content (AvgIpc) is 3.41. The highest BCUT2D eigenvalue weighted by Crippen LogP contribution is 2.35. The minimum absolute atomic E-state index is 0.112. The largest absolute Gasteiger partial charge is 0.355 e. The second-order valence-electron chi connectivity index (χ2n) is 7.47. The van der Waals surface area contributed by atoms with Crippen LogP contribution < -0.4 is 5.32 Å². The van der Waals surface area contributed by atoms with Crippen molar-refractivity contribution >= 4 is 27.8 Å². The smallest absolute Gasteiger partial charge is 0.251 e. The zero-order valence-electron chi connectivity index (χ0n) is 17.0. The molecule has 0 atom stereocenters. The summed E-state index contributed by atoms with van der Waals surface area (Å²) >= 11 is 0. The number of aromatic nitrogens is 4. The van der Waals surface area contributed by atoms with Gasteiger partial charge in [0.05, 0.1) is 17.4 Å². The molecule has 0 radical (unpaired) electrons. The Kier molecular flexibility index (Phi) is 4.13. The summed E-state index contributed by atoms with van der Waals surface area (Å²) in [5.41, 5.74) is 8.60. The van der Waals surface area contributed by atoms with Gasteiger partial charge >= 0.3 is 0 Å². The van der Waals surface area contributed by atoms with E-state index in [0.29, 0.717) is 5.56 Å². The Morgan fingerprint density at radius 3 is 2.70 bits per heavy atom. The summed E-state index contributed by atoms with van der Waals surface area (Å²) in [5, 5.41) is 12.0. The molecule has 0 fully saturated rings. The van der Waals surface area contributed by atoms with Crippen molar-refractivity contribution in [1.82, 2.24) is 25.5 Å². The van der Waals surface area contributed by atoms with Gasteiger partial charge in [-0.1, -0.05) is 30.3 Å². The predicted molar refractivity (Wildman–Crippen MR) is 119 cm³/mol. The molecule has 5 rings (SSSR count). The number of carbonyl (C=O) groups excluding carboxylic acids is 1. The fourth-order valence-electron chi connectivity index (χ4n) is 3.91. The zero-order chi connectivity index (χ0) is 20.8. The number of carbonyl (C=O) groups is 1. The van der Waals surface area contributed by atoms with E-state index in [1.165, 1.54) is 11.1 Å². The normalized spacial score (nSPS) is 11.3. The topological polar surface area (TPSA) is 86.5 Å². The number of amides is 1. The van der Waals surface area contributed by atoms with Gasteiger partial charge in [0.15, 0.2) is 0 Å². The molecule has 148 valence electrons. The maximum atomic E-state index is 12.0. The number of nitrogens with one attached hydrogen (secondary N) is 3. The van der Waals surface area contributed by atoms with Crippen LogP contribution in [0.1, 0.15) is 21.5 Å². The summed E-state index contributed by atoms with van der Waals surface area (Å²) in [6.45, 7) is 4.23. The van der Waals surface area contributed by atoms with Crippen LogP contribution in [0.5, 0.6) is 0 Å². The Hall–Kier alpha value is -3.93. The Morgan fingerprint density at radius 2 is 1.87 bits per heavy atom. The molecule has 2 aromatic carbocycles. The summed E-state index contributed by atoms with van der Waals surface area (Å²) < 4.78 is 0. The highest BCUT2D eigenvalue weighted by atomic mass is 16.1. The standard InChI is InChI=1S/C24H21N5O/c1-13-6-4-9-17(14(13)2)21-19-12-26-29-22(19)18-11-20(27-23(18)28-21)15-7-5-8-16(10-15)24(30)25-3/h4-12H,1-3H3,(H,25,30)(H,26,29)(H,27,28). The zero-order valence-corrected chi connectivity index (χ0v) is 17.0. The van der Waals surface area contributed by atoms with Gasteiger partial charge in [-0.3, -0.25) is 9.89 Å². The maximum absolute atomic E-state index is 12.0. The molecule has 0 aliphatic carbocycles. The lowest BCUT2D eigenvalue weighted by Crippen LogP contribution is -2.17. The van der Waals surface area contributed by atoms with E-state index in [0.717, 1.165) is 44.5 Å². The molecular formula is C24H21N5O. The number of benzene rings is 2. The third-order valence-electron chi connectivity index (χ3n) is 5.71. The number of fused-ring (bicyclic) bond motifs is 3. The molecule has 0 aliphatic heterocycles. The van der Waals surface area contributed by atoms with E-state index >= 15 is 0 Å². The highest BCUT2D eigenvalue weighted by Gasteiger charge is 2.17. The van der Waals surface area contributed by atoms with Crippen molar-refractivity contribution in [2.45, 2.75) is 13.8 Å². The second-order valence-corrected chi connectivity index (χ2v) is 7.47. The summed E-state index contributed by atoms with van der Waals surface area (Å²) in [5.74, 6) is -0.112. The van der Waals surface area contributed by atoms with E-state index in [-0.39, 0.29) is 5.91 Å². The SMILES string of the molecule is CNC(=O)c1cccc(-c2cc3c(nc(-c4cccc(C)c4C)c4cn[nH]c43)[nH]2)c1. The van der Waals surface area contributed by atoms with E-state index in [2.05, 4.69) is 58.6 Å². The van der Waals surface area contributed by atoms with Crippen LogP contribution in [0.4, 0.5) is 0 Å². The van der Waals surface area contributed by atoms with Crippen molar-refractivity contribution in [1.29, 1.82) is 0 Å². The van der Waals surface area contributed by atoms with Gasteiger partial charge in [0.2, 0.25) is 0 Å². The molecule has 30 heavy (non-hydrogen) atoms. The van der Waals surface area contributed by atoms with E-state index in [4.69, 9.17) is 4.98 Å². The lowest BCUT2D eigenvalue weighted by molar-refractivity contribution is 0.0963. The molecule has 3 aromatic heterocycles. The lowest BCUT2D eigenvalue weighted by atomic mass is 9.98. The third kappa shape index (κ3) is 2.76. The fourth-order valence-corrected chi connectivity index (χ4v) is 3.91. The first-order chi connectivity index (χ1) is 14.6. The number of rotatable bonds is 3. The molecule has 0 spiro atoms. The summed E-state index contributed by atoms with van der Waals surface area (Å²) in [6.07, 6.45) is 1.83. The molecule has 0 bridgehead atoms. The van der Waals surface area contributed by atoms with Crippen LogP contribution in [-0.2, 0) is 0 Å². The van der Waals surface area contributed by atoms with Gasteiger partial charge < -0.3 is 10.3 Å². The summed E-state index contributed by atoms with van der Waals surface area (Å²) in [6, 6.07) is 15.8. The molecule has 3 N–H and O–H groups in total. The van der Waals surface area contributed by atoms with E-state index in [9.17, 15) is 4.79 Å². The molecule has 3 heterocycles. The molecule has 5 aromatic rings. The first-order valence-corrected chi connectivity index (χ1v) is 9.81. The van der Waals surface area contributed by atoms with Crippen molar-refractivity contribution in [2.75, 3.05) is 7.05 Å². The number of aromatic amines is 2. The van der Waals surface area contributed by atoms with Crippen molar-refractivity contribution < 1.29 is 4.79 Å². The molecule has 0 saturated heterocycles. The maximum Gasteiger partial charge on any atom is 0.251 e. The van der Waals surface area contributed by atoms with Gasteiger partial charge in [-0.15, -0.1) is 0 Å². The first kappa shape index (κ1) is 18.1. The van der Waals surface area contributed by atoms with Crippen LogP contribution >= 0.6 is 0 Å². The fraction of sp³-hybridized carbons (Fsp3) is 0.125. The second kappa shape index (κ2) is 6.84. The van der Waals surface area contributed by atoms with Crippen molar-refractivity contribution in [3.8, 4) is 22.5 Å². The molecule has 0 aliphatic rings. The van der Waals surface area contributed by atoms with Gasteiger partial charge in [-0.25, -0.2) is 4.98 Å². The monoisotopic (exact) mass is 395 g/mol.